The van der Waals surface area contributed by atoms with Crippen LogP contribution in [0.3, 0.4) is 0 Å². The number of hydrogen-bond donors (Lipinski definition) is 1. The number of rotatable bonds is 4. The van der Waals surface area contributed by atoms with E-state index < -0.39 is 5.97 Å². The maximum atomic E-state index is 10.7. The van der Waals surface area contributed by atoms with Crippen LogP contribution in [0.25, 0.3) is 0 Å². The quantitative estimate of drug-likeness (QED) is 0.845. The van der Waals surface area contributed by atoms with E-state index >= 15 is 0 Å². The van der Waals surface area contributed by atoms with Gasteiger partial charge in [0, 0.05) is 20.9 Å². The minimum absolute atomic E-state index is 0.406. The highest BCUT2D eigenvalue weighted by atomic mass is 32.2. The summed E-state index contributed by atoms with van der Waals surface area (Å²) in [5.74, 6) is 0.0657. The standard InChI is InChI=1S/C10H8O2S3/c11-10(12)9-4-8(6-15-9)14-5-7-2-1-3-13-7/h1-4,6H,5H2,(H,11,12). The highest BCUT2D eigenvalue weighted by molar-refractivity contribution is 7.98. The van der Waals surface area contributed by atoms with Gasteiger partial charge in [-0.25, -0.2) is 4.79 Å². The lowest BCUT2D eigenvalue weighted by Gasteiger charge is -1.94. The number of aromatic carboxylic acids is 1. The fourth-order valence-corrected chi connectivity index (χ4v) is 3.70. The van der Waals surface area contributed by atoms with Crippen LogP contribution >= 0.6 is 34.4 Å². The molecule has 2 aromatic rings. The molecule has 0 aromatic carbocycles. The SMILES string of the molecule is O=C(O)c1cc(SCc2cccs2)cs1. The predicted octanol–water partition coefficient (Wildman–Crippen LogP) is 3.80. The van der Waals surface area contributed by atoms with E-state index in [1.165, 1.54) is 16.2 Å². The van der Waals surface area contributed by atoms with Crippen molar-refractivity contribution in [3.05, 3.63) is 38.7 Å². The molecule has 1 N–H and O–H groups in total. The Balaban J connectivity index is 1.96. The summed E-state index contributed by atoms with van der Waals surface area (Å²) in [7, 11) is 0. The minimum atomic E-state index is -0.844. The summed E-state index contributed by atoms with van der Waals surface area (Å²) in [5, 5.41) is 12.7. The van der Waals surface area contributed by atoms with Crippen molar-refractivity contribution in [1.82, 2.24) is 0 Å². The number of thiophene rings is 2. The first kappa shape index (κ1) is 10.7. The number of carboxylic acid groups (broad SMARTS) is 1. The van der Waals surface area contributed by atoms with Crippen molar-refractivity contribution in [2.24, 2.45) is 0 Å². The lowest BCUT2D eigenvalue weighted by molar-refractivity contribution is 0.0702. The van der Waals surface area contributed by atoms with Crippen molar-refractivity contribution >= 4 is 40.4 Å². The molecule has 2 nitrogen and oxygen atoms in total. The smallest absolute Gasteiger partial charge is 0.345 e. The Kier molecular flexibility index (Phi) is 3.45. The zero-order chi connectivity index (χ0) is 10.7. The van der Waals surface area contributed by atoms with E-state index in [0.29, 0.717) is 4.88 Å². The van der Waals surface area contributed by atoms with Gasteiger partial charge in [0.2, 0.25) is 0 Å². The molecule has 2 aromatic heterocycles. The molecule has 0 bridgehead atoms. The molecular weight excluding hydrogens is 248 g/mol. The van der Waals surface area contributed by atoms with Crippen molar-refractivity contribution < 1.29 is 9.90 Å². The van der Waals surface area contributed by atoms with E-state index in [0.717, 1.165) is 10.6 Å². The molecule has 0 atom stereocenters. The van der Waals surface area contributed by atoms with Gasteiger partial charge in [-0.3, -0.25) is 0 Å². The van der Waals surface area contributed by atoms with Gasteiger partial charge in [-0.15, -0.1) is 34.4 Å². The van der Waals surface area contributed by atoms with Crippen LogP contribution in [0.15, 0.2) is 33.9 Å². The maximum absolute atomic E-state index is 10.7. The van der Waals surface area contributed by atoms with Crippen LogP contribution in [-0.2, 0) is 5.75 Å². The molecule has 0 saturated carbocycles. The molecule has 0 aliphatic carbocycles. The number of thioether (sulfide) groups is 1. The topological polar surface area (TPSA) is 37.3 Å². The van der Waals surface area contributed by atoms with Crippen LogP contribution in [0.5, 0.6) is 0 Å². The lowest BCUT2D eigenvalue weighted by Crippen LogP contribution is -1.89. The first-order valence-electron chi connectivity index (χ1n) is 4.23. The summed E-state index contributed by atoms with van der Waals surface area (Å²) in [6.45, 7) is 0. The Morgan fingerprint density at radius 1 is 1.47 bits per heavy atom. The van der Waals surface area contributed by atoms with Crippen LogP contribution in [0.4, 0.5) is 0 Å². The minimum Gasteiger partial charge on any atom is -0.477 e. The van der Waals surface area contributed by atoms with Gasteiger partial charge in [0.1, 0.15) is 4.88 Å². The highest BCUT2D eigenvalue weighted by Crippen LogP contribution is 2.28. The third-order valence-electron chi connectivity index (χ3n) is 1.75. The summed E-state index contributed by atoms with van der Waals surface area (Å²) >= 11 is 4.67. The van der Waals surface area contributed by atoms with Crippen molar-refractivity contribution in [3.63, 3.8) is 0 Å². The molecule has 15 heavy (non-hydrogen) atoms. The fourth-order valence-electron chi connectivity index (χ4n) is 1.06. The second-order valence-corrected chi connectivity index (χ2v) is 5.81. The zero-order valence-electron chi connectivity index (χ0n) is 7.67. The van der Waals surface area contributed by atoms with E-state index in [9.17, 15) is 4.79 Å². The summed E-state index contributed by atoms with van der Waals surface area (Å²) < 4.78 is 0. The van der Waals surface area contributed by atoms with Gasteiger partial charge in [-0.05, 0) is 17.5 Å². The molecule has 0 aliphatic heterocycles. The van der Waals surface area contributed by atoms with Crippen molar-refractivity contribution in [2.45, 2.75) is 10.6 Å². The number of carboxylic acids is 1. The Labute approximate surface area is 99.6 Å². The van der Waals surface area contributed by atoms with Gasteiger partial charge >= 0.3 is 5.97 Å². The molecule has 0 aliphatic rings. The van der Waals surface area contributed by atoms with Gasteiger partial charge in [0.05, 0.1) is 0 Å². The van der Waals surface area contributed by atoms with E-state index in [4.69, 9.17) is 5.11 Å². The molecule has 0 radical (unpaired) electrons. The molecule has 2 rings (SSSR count). The summed E-state index contributed by atoms with van der Waals surface area (Å²) in [4.78, 5) is 13.4. The van der Waals surface area contributed by atoms with Crippen molar-refractivity contribution in [3.8, 4) is 0 Å². The van der Waals surface area contributed by atoms with Crippen LogP contribution in [0.1, 0.15) is 14.5 Å². The van der Waals surface area contributed by atoms with E-state index in [1.807, 2.05) is 16.8 Å². The van der Waals surface area contributed by atoms with E-state index in [1.54, 1.807) is 29.2 Å². The molecule has 0 amide bonds. The Hall–Kier alpha value is -0.780. The average Bonchev–Trinajstić information content (AvgIpc) is 2.86. The van der Waals surface area contributed by atoms with Gasteiger partial charge in [-0.1, -0.05) is 6.07 Å². The maximum Gasteiger partial charge on any atom is 0.345 e. The summed E-state index contributed by atoms with van der Waals surface area (Å²) in [5.41, 5.74) is 0. The normalized spacial score (nSPS) is 10.4. The molecule has 78 valence electrons. The number of carbonyl (C=O) groups is 1. The second kappa shape index (κ2) is 4.83. The van der Waals surface area contributed by atoms with Crippen molar-refractivity contribution in [1.29, 1.82) is 0 Å². The summed E-state index contributed by atoms with van der Waals surface area (Å²) in [6.07, 6.45) is 0. The Morgan fingerprint density at radius 2 is 2.33 bits per heavy atom. The van der Waals surface area contributed by atoms with Gasteiger partial charge in [0.25, 0.3) is 0 Å². The van der Waals surface area contributed by atoms with Crippen LogP contribution < -0.4 is 0 Å². The van der Waals surface area contributed by atoms with Crippen LogP contribution in [-0.4, -0.2) is 11.1 Å². The largest absolute Gasteiger partial charge is 0.477 e. The van der Waals surface area contributed by atoms with E-state index in [2.05, 4.69) is 6.07 Å². The first-order chi connectivity index (χ1) is 7.25. The molecule has 5 heteroatoms. The third kappa shape index (κ3) is 2.84. The second-order valence-electron chi connectivity index (χ2n) is 2.82. The highest BCUT2D eigenvalue weighted by Gasteiger charge is 2.07. The number of hydrogen-bond acceptors (Lipinski definition) is 4. The molecule has 2 heterocycles. The lowest BCUT2D eigenvalue weighted by atomic mass is 10.5. The molecular formula is C10H8O2S3. The van der Waals surface area contributed by atoms with Crippen LogP contribution in [0.2, 0.25) is 0 Å². The van der Waals surface area contributed by atoms with Gasteiger partial charge in [-0.2, -0.15) is 0 Å². The first-order valence-corrected chi connectivity index (χ1v) is 6.97. The Morgan fingerprint density at radius 3 is 2.93 bits per heavy atom. The fraction of sp³-hybridized carbons (Fsp3) is 0.100. The molecule has 0 spiro atoms. The predicted molar refractivity (Wildman–Crippen MR) is 65.2 cm³/mol. The molecule has 0 fully saturated rings. The van der Waals surface area contributed by atoms with Crippen molar-refractivity contribution in [2.75, 3.05) is 0 Å². The molecule has 0 unspecified atom stereocenters. The average molecular weight is 256 g/mol. The van der Waals surface area contributed by atoms with Crippen LogP contribution in [0, 0.1) is 0 Å². The third-order valence-corrected chi connectivity index (χ3v) is 4.90. The molecule has 0 saturated heterocycles. The van der Waals surface area contributed by atoms with E-state index in [-0.39, 0.29) is 0 Å². The summed E-state index contributed by atoms with van der Waals surface area (Å²) in [6, 6.07) is 5.84. The zero-order valence-corrected chi connectivity index (χ0v) is 10.1. The van der Waals surface area contributed by atoms with Gasteiger partial charge in [0.15, 0.2) is 0 Å². The van der Waals surface area contributed by atoms with Gasteiger partial charge < -0.3 is 5.11 Å². The monoisotopic (exact) mass is 256 g/mol. The Bertz CT molecular complexity index is 445.